The molecule has 24 nitrogen and oxygen atoms in total. The Bertz CT molecular complexity index is 6410. The smallest absolute Gasteiger partial charge is 0.417 e. The predicted molar refractivity (Wildman–Crippen MR) is 481 cm³/mol. The average molecular weight is 1830 g/mol. The van der Waals surface area contributed by atoms with Crippen LogP contribution >= 0.6 is 11.6 Å². The van der Waals surface area contributed by atoms with E-state index in [1.54, 1.807) is 97.1 Å². The summed E-state index contributed by atoms with van der Waals surface area (Å²) in [6.45, 7) is 1.96. The van der Waals surface area contributed by atoms with Crippen LogP contribution in [0.1, 0.15) is 115 Å². The fourth-order valence-electron chi connectivity index (χ4n) is 13.5. The average Bonchev–Trinajstić information content (AvgIpc) is 1.62. The molecule has 0 radical (unpaired) electrons. The number of phenolic OH excluding ortho intramolecular Hbond substituents is 15. The largest absolute Gasteiger partial charge is 0.508 e. The second kappa shape index (κ2) is 42.1. The van der Waals surface area contributed by atoms with E-state index in [9.17, 15) is 123 Å². The number of halogens is 6. The Balaban J connectivity index is 0.000000151. The van der Waals surface area contributed by atoms with Gasteiger partial charge in [-0.3, -0.25) is 24.0 Å². The van der Waals surface area contributed by atoms with Crippen molar-refractivity contribution in [3.8, 4) is 132 Å². The minimum Gasteiger partial charge on any atom is -0.508 e. The second-order valence-electron chi connectivity index (χ2n) is 30.0. The molecule has 0 saturated heterocycles. The van der Waals surface area contributed by atoms with Crippen LogP contribution in [0.4, 0.5) is 22.0 Å². The molecular weight excluding hydrogens is 1750 g/mol. The Morgan fingerprint density at radius 1 is 0.316 bits per heavy atom. The molecule has 0 bridgehead atoms. The van der Waals surface area contributed by atoms with Crippen molar-refractivity contribution in [1.82, 2.24) is 0 Å². The summed E-state index contributed by atoms with van der Waals surface area (Å²) in [5, 5.41) is 145. The minimum absolute atomic E-state index is 0.0139. The van der Waals surface area contributed by atoms with E-state index >= 15 is 0 Å². The van der Waals surface area contributed by atoms with Gasteiger partial charge in [-0.1, -0.05) is 120 Å². The Labute approximate surface area is 758 Å². The number of phenols is 15. The van der Waals surface area contributed by atoms with Gasteiger partial charge in [0.05, 0.1) is 5.56 Å². The van der Waals surface area contributed by atoms with Crippen LogP contribution in [0, 0.1) is 30.4 Å². The molecule has 16 rings (SSSR count). The third kappa shape index (κ3) is 25.6. The molecule has 0 spiro atoms. The Morgan fingerprint density at radius 3 is 0.902 bits per heavy atom. The zero-order valence-electron chi connectivity index (χ0n) is 69.4. The lowest BCUT2D eigenvalue weighted by molar-refractivity contribution is -0.137. The van der Waals surface area contributed by atoms with E-state index in [0.717, 1.165) is 107 Å². The van der Waals surface area contributed by atoms with Crippen molar-refractivity contribution < 1.29 is 141 Å². The van der Waals surface area contributed by atoms with E-state index in [1.807, 2.05) is 67.6 Å². The molecule has 14 aromatic carbocycles. The predicted octanol–water partition coefficient (Wildman–Crippen LogP) is 23.1. The number of aromatic hydroxyl groups is 15. The molecule has 2 fully saturated rings. The number of hydrogen-bond donors (Lipinski definition) is 15. The van der Waals surface area contributed by atoms with E-state index in [4.69, 9.17) is 30.5 Å². The highest BCUT2D eigenvalue weighted by Gasteiger charge is 2.47. The van der Waals surface area contributed by atoms with E-state index < -0.39 is 97.9 Å². The maximum atomic E-state index is 13.5. The quantitative estimate of drug-likeness (QED) is 0.0161. The number of alkyl halides is 3. The molecule has 0 aliphatic heterocycles. The van der Waals surface area contributed by atoms with Crippen molar-refractivity contribution in [3.05, 3.63) is 381 Å². The summed E-state index contributed by atoms with van der Waals surface area (Å²) in [6, 6.07) is 68.8. The highest BCUT2D eigenvalue weighted by molar-refractivity contribution is 6.30. The van der Waals surface area contributed by atoms with E-state index in [2.05, 4.69) is 0 Å². The Morgan fingerprint density at radius 2 is 0.579 bits per heavy atom. The van der Waals surface area contributed by atoms with Crippen molar-refractivity contribution in [3.63, 3.8) is 0 Å². The Kier molecular flexibility index (Phi) is 30.1. The van der Waals surface area contributed by atoms with Crippen molar-refractivity contribution in [2.45, 2.75) is 37.8 Å². The van der Waals surface area contributed by atoms with Crippen LogP contribution in [0.3, 0.4) is 0 Å². The first-order chi connectivity index (χ1) is 63.4. The fourth-order valence-corrected chi connectivity index (χ4v) is 13.6. The minimum atomic E-state index is -4.72. The fraction of sp³-hybridized carbons (Fsp3) is 0.0777. The molecule has 0 amide bonds. The summed E-state index contributed by atoms with van der Waals surface area (Å²) in [6.07, 6.45) is 3.78. The molecule has 30 heteroatoms. The molecule has 4 unspecified atom stereocenters. The number of ether oxygens (including phenoxy) is 4. The van der Waals surface area contributed by atoms with Gasteiger partial charge in [0, 0.05) is 77.5 Å². The second-order valence-corrected chi connectivity index (χ2v) is 30.4. The molecule has 2 aliphatic carbocycles. The van der Waals surface area contributed by atoms with Crippen LogP contribution in [0.5, 0.6) is 132 Å². The molecule has 0 heterocycles. The maximum absolute atomic E-state index is 13.5. The monoisotopic (exact) mass is 1830 g/mol. The van der Waals surface area contributed by atoms with Crippen molar-refractivity contribution in [1.29, 1.82) is 0 Å². The zero-order chi connectivity index (χ0) is 95.6. The number of aryl methyl sites for hydroxylation is 1. The summed E-state index contributed by atoms with van der Waals surface area (Å²) in [4.78, 5) is 61.6. The first-order valence-electron chi connectivity index (χ1n) is 40.0. The van der Waals surface area contributed by atoms with Gasteiger partial charge >= 0.3 is 6.18 Å². The van der Waals surface area contributed by atoms with E-state index in [1.165, 1.54) is 72.8 Å². The van der Waals surface area contributed by atoms with Crippen molar-refractivity contribution in [2.75, 3.05) is 0 Å². The van der Waals surface area contributed by atoms with Crippen LogP contribution in [0.25, 0.3) is 18.2 Å². The normalized spacial score (nSPS) is 14.0. The van der Waals surface area contributed by atoms with Gasteiger partial charge in [-0.15, -0.1) is 0 Å². The summed E-state index contributed by atoms with van der Waals surface area (Å²) >= 11 is 5.86. The van der Waals surface area contributed by atoms with Crippen molar-refractivity contribution in [2.24, 2.45) is 11.8 Å². The molecule has 15 N–H and O–H groups in total. The summed E-state index contributed by atoms with van der Waals surface area (Å²) < 4.78 is 88.8. The lowest BCUT2D eigenvalue weighted by Crippen LogP contribution is -2.08. The maximum Gasteiger partial charge on any atom is 0.417 e. The lowest BCUT2D eigenvalue weighted by Gasteiger charge is -2.13. The molecule has 2 saturated carbocycles. The van der Waals surface area contributed by atoms with Gasteiger partial charge in [0.15, 0.2) is 28.9 Å². The summed E-state index contributed by atoms with van der Waals surface area (Å²) in [5.41, 5.74) is 1.86. The number of benzene rings is 14. The van der Waals surface area contributed by atoms with Crippen LogP contribution in [-0.4, -0.2) is 106 Å². The van der Waals surface area contributed by atoms with Crippen molar-refractivity contribution >= 4 is 58.7 Å². The van der Waals surface area contributed by atoms with Crippen LogP contribution in [-0.2, 0) is 6.18 Å². The van der Waals surface area contributed by atoms with Gasteiger partial charge in [-0.05, 0) is 211 Å². The number of Topliss-reactive ketones (excluding diaryl/α,β-unsaturated/α-hetero) is 2. The molecule has 676 valence electrons. The number of para-hydroxylation sites is 1. The number of ketones is 5. The van der Waals surface area contributed by atoms with Crippen LogP contribution in [0.15, 0.2) is 297 Å². The molecule has 133 heavy (non-hydrogen) atoms. The molecule has 4 atom stereocenters. The first-order valence-corrected chi connectivity index (χ1v) is 40.4. The standard InChI is InChI=1S/C22H17ClO5.C22H15F3O5.C22H17FO5.C21H15FO5.C16H14O4/c23-13-3-7-16(8-4-13)28-15-5-1-12(2-6-15)17-11-18(17)22(27)21-19(25)9-14(24)10-20(21)26;23-22(24,25)17-12-16(30-15-4-2-1-3-5-15)8-6-13(17)7-9-18(27)21-19(28)10-14(26)11-20(21)29;23-13-3-7-16(8-4-13)28-15-5-1-12(2-6-15)17-11-18(17)22(27)21-19(25)9-14(24)10-20(21)26;22-14-4-8-17(9-5-14)27-16-6-1-13(2-7-16)3-10-18(24)21-19(25)11-15(23)12-20(21)26;1-10-2-4-11(5-3-10)6-7-13(18)16-14(19)8-12(17)9-15(16)20/h1-10,17-18,24-26H,11H2;1-12,26,28-29H;1-10,17-18,24-26H,11H2;1-12,23,25-26H;2-9,17,19-20H,1H3/b;9-7+;;10-3+;7-6+. The number of carbonyl (C=O) groups excluding carboxylic acids is 5. The number of hydrogen-bond acceptors (Lipinski definition) is 24. The van der Waals surface area contributed by atoms with Gasteiger partial charge < -0.3 is 95.5 Å². The van der Waals surface area contributed by atoms with Gasteiger partial charge in [0.1, 0.15) is 172 Å². The van der Waals surface area contributed by atoms with Gasteiger partial charge in [0.2, 0.25) is 0 Å². The number of allylic oxidation sites excluding steroid dienone is 3. The highest BCUT2D eigenvalue weighted by Crippen LogP contribution is 2.54. The Hall–Kier alpha value is -17.2. The van der Waals surface area contributed by atoms with E-state index in [-0.39, 0.29) is 103 Å². The first kappa shape index (κ1) is 94.9. The SMILES string of the molecule is Cc1ccc(/C=C/C(=O)c2c(O)cc(O)cc2O)cc1.O=C(/C=C/c1ccc(Oc2ccc(F)cc2)cc1)c1c(O)cc(O)cc1O.O=C(/C=C/c1ccc(Oc2ccccc2)cc1C(F)(F)F)c1c(O)cc(O)cc1O.O=C(c1c(O)cc(O)cc1O)C1CC1c1ccc(Oc2ccc(Cl)cc2)cc1.O=C(c1c(O)cc(O)cc1O)C1CC1c1ccc(Oc2ccc(F)cc2)cc1. The topological polar surface area (TPSA) is 426 Å². The molecule has 2 aliphatic rings. The zero-order valence-corrected chi connectivity index (χ0v) is 70.2. The molecule has 0 aromatic heterocycles. The molecular formula is C103H78ClF5O24. The highest BCUT2D eigenvalue weighted by atomic mass is 35.5. The van der Waals surface area contributed by atoms with Crippen LogP contribution in [0.2, 0.25) is 5.02 Å². The van der Waals surface area contributed by atoms with Gasteiger partial charge in [-0.2, -0.15) is 13.2 Å². The summed E-state index contributed by atoms with van der Waals surface area (Å²) in [7, 11) is 0. The number of carbonyl (C=O) groups is 5. The number of rotatable bonds is 23. The third-order valence-corrected chi connectivity index (χ3v) is 20.4. The van der Waals surface area contributed by atoms with Gasteiger partial charge in [0.25, 0.3) is 0 Å². The van der Waals surface area contributed by atoms with E-state index in [0.29, 0.717) is 63.7 Å². The van der Waals surface area contributed by atoms with Crippen LogP contribution < -0.4 is 18.9 Å². The van der Waals surface area contributed by atoms with Gasteiger partial charge in [-0.25, -0.2) is 8.78 Å². The summed E-state index contributed by atoms with van der Waals surface area (Å²) in [5.74, 6) is -7.08. The lowest BCUT2D eigenvalue weighted by atomic mass is 10.0. The third-order valence-electron chi connectivity index (χ3n) is 20.2. The molecule has 14 aromatic rings.